The van der Waals surface area contributed by atoms with E-state index >= 15 is 0 Å². The zero-order valence-corrected chi connectivity index (χ0v) is 7.79. The van der Waals surface area contributed by atoms with Crippen molar-refractivity contribution in [2.24, 2.45) is 5.73 Å². The molecule has 1 saturated carbocycles. The SMILES string of the molecule is NCc1nc(C2CCCCC2)n[nH]1. The smallest absolute Gasteiger partial charge is 0.153 e. The Balaban J connectivity index is 2.05. The molecular formula is C9H16N4. The van der Waals surface area contributed by atoms with Crippen LogP contribution in [0.3, 0.4) is 0 Å². The van der Waals surface area contributed by atoms with Crippen LogP contribution in [0.15, 0.2) is 0 Å². The molecule has 3 N–H and O–H groups in total. The number of hydrogen-bond donors (Lipinski definition) is 2. The molecule has 1 heterocycles. The van der Waals surface area contributed by atoms with Gasteiger partial charge in [0, 0.05) is 5.92 Å². The number of aromatic nitrogens is 3. The van der Waals surface area contributed by atoms with E-state index in [1.165, 1.54) is 32.1 Å². The van der Waals surface area contributed by atoms with Crippen molar-refractivity contribution in [3.8, 4) is 0 Å². The summed E-state index contributed by atoms with van der Waals surface area (Å²) in [5.41, 5.74) is 5.46. The molecule has 0 radical (unpaired) electrons. The Kier molecular flexibility index (Phi) is 2.59. The van der Waals surface area contributed by atoms with Gasteiger partial charge >= 0.3 is 0 Å². The fourth-order valence-electron chi connectivity index (χ4n) is 1.94. The maximum absolute atomic E-state index is 5.46. The van der Waals surface area contributed by atoms with Crippen molar-refractivity contribution >= 4 is 0 Å². The summed E-state index contributed by atoms with van der Waals surface area (Å²) in [7, 11) is 0. The Morgan fingerprint density at radius 3 is 2.69 bits per heavy atom. The van der Waals surface area contributed by atoms with Crippen molar-refractivity contribution in [2.45, 2.75) is 44.6 Å². The van der Waals surface area contributed by atoms with Crippen LogP contribution in [0.4, 0.5) is 0 Å². The van der Waals surface area contributed by atoms with Gasteiger partial charge in [0.05, 0.1) is 6.54 Å². The molecule has 0 amide bonds. The van der Waals surface area contributed by atoms with Gasteiger partial charge < -0.3 is 5.73 Å². The molecule has 2 rings (SSSR count). The minimum Gasteiger partial charge on any atom is -0.324 e. The van der Waals surface area contributed by atoms with Crippen LogP contribution in [0.2, 0.25) is 0 Å². The van der Waals surface area contributed by atoms with E-state index in [9.17, 15) is 0 Å². The molecule has 1 fully saturated rings. The van der Waals surface area contributed by atoms with Gasteiger partial charge in [0.25, 0.3) is 0 Å². The predicted octanol–water partition coefficient (Wildman–Crippen LogP) is 1.31. The van der Waals surface area contributed by atoms with Crippen molar-refractivity contribution in [1.29, 1.82) is 0 Å². The van der Waals surface area contributed by atoms with Crippen LogP contribution in [0, 0.1) is 0 Å². The van der Waals surface area contributed by atoms with E-state index < -0.39 is 0 Å². The Labute approximate surface area is 77.9 Å². The molecule has 0 bridgehead atoms. The number of hydrogen-bond acceptors (Lipinski definition) is 3. The number of nitrogens with zero attached hydrogens (tertiary/aromatic N) is 2. The van der Waals surface area contributed by atoms with Crippen LogP contribution in [-0.2, 0) is 6.54 Å². The first kappa shape index (κ1) is 8.69. The molecule has 1 aliphatic carbocycles. The molecule has 4 nitrogen and oxygen atoms in total. The van der Waals surface area contributed by atoms with Crippen molar-refractivity contribution in [3.05, 3.63) is 11.6 Å². The van der Waals surface area contributed by atoms with Gasteiger partial charge in [-0.1, -0.05) is 19.3 Å². The van der Waals surface area contributed by atoms with E-state index in [4.69, 9.17) is 5.73 Å². The Morgan fingerprint density at radius 1 is 1.31 bits per heavy atom. The van der Waals surface area contributed by atoms with E-state index in [1.807, 2.05) is 0 Å². The lowest BCUT2D eigenvalue weighted by Gasteiger charge is -2.17. The molecule has 0 saturated heterocycles. The molecule has 1 aliphatic rings. The average molecular weight is 180 g/mol. The molecule has 1 aromatic heterocycles. The minimum atomic E-state index is 0.458. The van der Waals surface area contributed by atoms with E-state index in [0.717, 1.165) is 11.6 Å². The third-order valence-corrected chi connectivity index (χ3v) is 2.71. The minimum absolute atomic E-state index is 0.458. The second kappa shape index (κ2) is 3.87. The number of aromatic amines is 1. The van der Waals surface area contributed by atoms with E-state index in [-0.39, 0.29) is 0 Å². The summed E-state index contributed by atoms with van der Waals surface area (Å²) in [5.74, 6) is 2.35. The number of H-pyrrole nitrogens is 1. The Morgan fingerprint density at radius 2 is 2.08 bits per heavy atom. The van der Waals surface area contributed by atoms with Crippen molar-refractivity contribution < 1.29 is 0 Å². The normalized spacial score (nSPS) is 19.2. The van der Waals surface area contributed by atoms with Crippen LogP contribution in [0.1, 0.15) is 49.7 Å². The monoisotopic (exact) mass is 180 g/mol. The molecule has 1 aromatic rings. The van der Waals surface area contributed by atoms with E-state index in [0.29, 0.717) is 12.5 Å². The third-order valence-electron chi connectivity index (χ3n) is 2.71. The van der Waals surface area contributed by atoms with Gasteiger partial charge in [0.15, 0.2) is 5.82 Å². The summed E-state index contributed by atoms with van der Waals surface area (Å²) in [6.07, 6.45) is 6.47. The highest BCUT2D eigenvalue weighted by Crippen LogP contribution is 2.30. The maximum atomic E-state index is 5.46. The second-order valence-electron chi connectivity index (χ2n) is 3.68. The van der Waals surface area contributed by atoms with Crippen LogP contribution in [0.5, 0.6) is 0 Å². The number of nitrogens with two attached hydrogens (primary N) is 1. The van der Waals surface area contributed by atoms with Crippen molar-refractivity contribution in [1.82, 2.24) is 15.2 Å². The summed E-state index contributed by atoms with van der Waals surface area (Å²) in [5, 5.41) is 7.06. The highest BCUT2D eigenvalue weighted by atomic mass is 15.2. The Bertz CT molecular complexity index is 262. The average Bonchev–Trinajstić information content (AvgIpc) is 2.67. The maximum Gasteiger partial charge on any atom is 0.153 e. The third kappa shape index (κ3) is 1.88. The summed E-state index contributed by atoms with van der Waals surface area (Å²) in [6, 6.07) is 0. The molecule has 0 atom stereocenters. The van der Waals surface area contributed by atoms with Crippen molar-refractivity contribution in [2.75, 3.05) is 0 Å². The molecule has 0 spiro atoms. The van der Waals surface area contributed by atoms with Crippen LogP contribution in [0.25, 0.3) is 0 Å². The van der Waals surface area contributed by atoms with E-state index in [1.54, 1.807) is 0 Å². The van der Waals surface area contributed by atoms with Gasteiger partial charge in [0.2, 0.25) is 0 Å². The molecule has 0 unspecified atom stereocenters. The van der Waals surface area contributed by atoms with Crippen LogP contribution in [-0.4, -0.2) is 15.2 Å². The number of rotatable bonds is 2. The molecule has 13 heavy (non-hydrogen) atoms. The first-order valence-electron chi connectivity index (χ1n) is 5.01. The van der Waals surface area contributed by atoms with Crippen molar-refractivity contribution in [3.63, 3.8) is 0 Å². The van der Waals surface area contributed by atoms with Gasteiger partial charge in [-0.15, -0.1) is 0 Å². The van der Waals surface area contributed by atoms with Crippen LogP contribution >= 0.6 is 0 Å². The first-order chi connectivity index (χ1) is 6.40. The van der Waals surface area contributed by atoms with E-state index in [2.05, 4.69) is 15.2 Å². The van der Waals surface area contributed by atoms with Gasteiger partial charge in [-0.25, -0.2) is 4.98 Å². The summed E-state index contributed by atoms with van der Waals surface area (Å²) < 4.78 is 0. The number of nitrogens with one attached hydrogen (secondary N) is 1. The predicted molar refractivity (Wildman–Crippen MR) is 50.1 cm³/mol. The lowest BCUT2D eigenvalue weighted by Crippen LogP contribution is -2.06. The lowest BCUT2D eigenvalue weighted by molar-refractivity contribution is 0.429. The molecule has 0 aliphatic heterocycles. The molecule has 4 heteroatoms. The summed E-state index contributed by atoms with van der Waals surface area (Å²) in [4.78, 5) is 4.36. The quantitative estimate of drug-likeness (QED) is 0.721. The largest absolute Gasteiger partial charge is 0.324 e. The molecular weight excluding hydrogens is 164 g/mol. The highest BCUT2D eigenvalue weighted by molar-refractivity contribution is 4.98. The topological polar surface area (TPSA) is 67.6 Å². The first-order valence-corrected chi connectivity index (χ1v) is 5.01. The lowest BCUT2D eigenvalue weighted by atomic mass is 9.89. The summed E-state index contributed by atoms with van der Waals surface area (Å²) >= 11 is 0. The Hall–Kier alpha value is -0.900. The highest BCUT2D eigenvalue weighted by Gasteiger charge is 2.19. The van der Waals surface area contributed by atoms with Gasteiger partial charge in [-0.05, 0) is 12.8 Å². The zero-order valence-electron chi connectivity index (χ0n) is 7.79. The fraction of sp³-hybridized carbons (Fsp3) is 0.778. The van der Waals surface area contributed by atoms with Gasteiger partial charge in [0.1, 0.15) is 5.82 Å². The summed E-state index contributed by atoms with van der Waals surface area (Å²) in [6.45, 7) is 0.458. The fourth-order valence-corrected chi connectivity index (χ4v) is 1.94. The second-order valence-corrected chi connectivity index (χ2v) is 3.68. The molecule has 0 aromatic carbocycles. The van der Waals surface area contributed by atoms with Gasteiger partial charge in [-0.2, -0.15) is 5.10 Å². The zero-order chi connectivity index (χ0) is 9.10. The standard InChI is InChI=1S/C9H16N4/c10-6-8-11-9(13-12-8)7-4-2-1-3-5-7/h7H,1-6,10H2,(H,11,12,13). The van der Waals surface area contributed by atoms with Crippen LogP contribution < -0.4 is 5.73 Å². The molecule has 72 valence electrons. The van der Waals surface area contributed by atoms with Gasteiger partial charge in [-0.3, -0.25) is 5.10 Å².